The Labute approximate surface area is 214 Å². The van der Waals surface area contributed by atoms with E-state index in [1.165, 1.54) is 4.90 Å². The maximum Gasteiger partial charge on any atom is 0.255 e. The Morgan fingerprint density at radius 2 is 2.00 bits per heavy atom. The van der Waals surface area contributed by atoms with Crippen molar-refractivity contribution in [1.29, 1.82) is 0 Å². The average molecular weight is 513 g/mol. The predicted octanol–water partition coefficient (Wildman–Crippen LogP) is 2.19. The van der Waals surface area contributed by atoms with Crippen LogP contribution in [0.1, 0.15) is 46.3 Å². The van der Waals surface area contributed by atoms with Crippen molar-refractivity contribution in [3.05, 3.63) is 63.7 Å². The van der Waals surface area contributed by atoms with Gasteiger partial charge in [0.25, 0.3) is 5.91 Å². The number of amides is 4. The first-order valence-electron chi connectivity index (χ1n) is 12.0. The first kappa shape index (κ1) is 25.8. The van der Waals surface area contributed by atoms with Crippen LogP contribution in [0.4, 0.5) is 5.69 Å². The average Bonchev–Trinajstić information content (AvgIpc) is 3.15. The molecule has 0 saturated carbocycles. The molecule has 2 aliphatic rings. The molecule has 4 amide bonds. The molecule has 0 spiro atoms. The number of imide groups is 1. The maximum absolute atomic E-state index is 12.8. The summed E-state index contributed by atoms with van der Waals surface area (Å²) in [5.74, 6) is -1.22. The molecule has 2 aliphatic heterocycles. The lowest BCUT2D eigenvalue weighted by Gasteiger charge is -2.29. The van der Waals surface area contributed by atoms with E-state index in [1.54, 1.807) is 18.2 Å². The minimum absolute atomic E-state index is 0.123. The van der Waals surface area contributed by atoms with E-state index in [9.17, 15) is 19.2 Å². The number of ether oxygens (including phenoxy) is 1. The highest BCUT2D eigenvalue weighted by molar-refractivity contribution is 6.31. The van der Waals surface area contributed by atoms with Crippen molar-refractivity contribution in [3.63, 3.8) is 0 Å². The van der Waals surface area contributed by atoms with Crippen LogP contribution in [0.25, 0.3) is 0 Å². The third-order valence-electron chi connectivity index (χ3n) is 6.29. The topological polar surface area (TPSA) is 131 Å². The quantitative estimate of drug-likeness (QED) is 0.330. The first-order valence-corrected chi connectivity index (χ1v) is 12.4. The van der Waals surface area contributed by atoms with E-state index in [4.69, 9.17) is 22.1 Å². The summed E-state index contributed by atoms with van der Waals surface area (Å²) < 4.78 is 5.38. The van der Waals surface area contributed by atoms with Crippen LogP contribution in [-0.2, 0) is 38.5 Å². The molecule has 1 unspecified atom stereocenters. The van der Waals surface area contributed by atoms with Crippen LogP contribution in [0.15, 0.2) is 36.4 Å². The molecule has 4 N–H and O–H groups in total. The monoisotopic (exact) mass is 512 g/mol. The van der Waals surface area contributed by atoms with Crippen molar-refractivity contribution >= 4 is 40.9 Å². The molecule has 190 valence electrons. The number of nitrogens with zero attached hydrogens (tertiary/aromatic N) is 1. The van der Waals surface area contributed by atoms with Crippen LogP contribution in [0.5, 0.6) is 0 Å². The Bertz CT molecular complexity index is 1180. The third kappa shape index (κ3) is 6.10. The summed E-state index contributed by atoms with van der Waals surface area (Å²) in [6, 6.07) is 10.0. The number of fused-ring (bicyclic) bond motifs is 1. The minimum atomic E-state index is -0.666. The molecule has 2 heterocycles. The van der Waals surface area contributed by atoms with Crippen LogP contribution in [0.2, 0.25) is 5.02 Å². The van der Waals surface area contributed by atoms with Crippen molar-refractivity contribution in [3.8, 4) is 0 Å². The zero-order valence-electron chi connectivity index (χ0n) is 19.8. The molecule has 4 rings (SSSR count). The van der Waals surface area contributed by atoms with Gasteiger partial charge in [-0.25, -0.2) is 0 Å². The molecular formula is C26H29ClN4O5. The number of aryl methyl sites for hydroxylation is 1. The molecule has 9 nitrogen and oxygen atoms in total. The molecule has 36 heavy (non-hydrogen) atoms. The molecule has 1 fully saturated rings. The lowest BCUT2D eigenvalue weighted by molar-refractivity contribution is -0.137. The predicted molar refractivity (Wildman–Crippen MR) is 134 cm³/mol. The van der Waals surface area contributed by atoms with Gasteiger partial charge < -0.3 is 20.7 Å². The highest BCUT2D eigenvalue weighted by Gasteiger charge is 2.39. The number of piperidine rings is 1. The van der Waals surface area contributed by atoms with Gasteiger partial charge in [-0.3, -0.25) is 24.5 Å². The highest BCUT2D eigenvalue weighted by atomic mass is 35.5. The lowest BCUT2D eigenvalue weighted by Crippen LogP contribution is -2.52. The van der Waals surface area contributed by atoms with Crippen LogP contribution in [0, 0.1) is 0 Å². The number of nitrogens with two attached hydrogens (primary N) is 1. The number of hydrogen-bond donors (Lipinski definition) is 3. The summed E-state index contributed by atoms with van der Waals surface area (Å²) >= 11 is 6.39. The number of benzene rings is 2. The van der Waals surface area contributed by atoms with E-state index in [0.29, 0.717) is 42.5 Å². The molecule has 2 aromatic rings. The van der Waals surface area contributed by atoms with Crippen molar-refractivity contribution in [2.24, 2.45) is 5.73 Å². The van der Waals surface area contributed by atoms with Crippen LogP contribution in [0.3, 0.4) is 0 Å². The summed E-state index contributed by atoms with van der Waals surface area (Å²) in [4.78, 5) is 50.6. The SMILES string of the molecule is NCCOCCCc1ccc(NC(=O)Cc2ccc3c(c2)CN(C2CCC(=O)NC2=O)C3=O)cc1Cl. The summed E-state index contributed by atoms with van der Waals surface area (Å²) in [6.07, 6.45) is 2.23. The minimum Gasteiger partial charge on any atom is -0.380 e. The Morgan fingerprint density at radius 3 is 2.75 bits per heavy atom. The normalized spacial score (nSPS) is 17.2. The van der Waals surface area contributed by atoms with Gasteiger partial charge in [0.1, 0.15) is 6.04 Å². The second-order valence-corrected chi connectivity index (χ2v) is 9.33. The van der Waals surface area contributed by atoms with E-state index in [2.05, 4.69) is 10.6 Å². The van der Waals surface area contributed by atoms with E-state index in [0.717, 1.165) is 29.5 Å². The molecule has 0 bridgehead atoms. The summed E-state index contributed by atoms with van der Waals surface area (Å²) in [5, 5.41) is 5.74. The standard InChI is InChI=1S/C26H29ClN4O5/c27-21-14-19(5-4-17(21)2-1-10-36-11-9-28)29-24(33)13-16-3-6-20-18(12-16)15-31(26(20)35)22-7-8-23(32)30-25(22)34/h3-6,12,14,22H,1-2,7-11,13,15,28H2,(H,29,33)(H,30,32,34). The molecule has 0 aliphatic carbocycles. The van der Waals surface area contributed by atoms with E-state index in [1.807, 2.05) is 18.2 Å². The highest BCUT2D eigenvalue weighted by Crippen LogP contribution is 2.28. The zero-order valence-corrected chi connectivity index (χ0v) is 20.6. The number of hydrogen-bond acceptors (Lipinski definition) is 6. The first-order chi connectivity index (χ1) is 17.4. The molecule has 2 aromatic carbocycles. The van der Waals surface area contributed by atoms with Crippen molar-refractivity contribution < 1.29 is 23.9 Å². The van der Waals surface area contributed by atoms with Gasteiger partial charge in [0.05, 0.1) is 13.0 Å². The smallest absolute Gasteiger partial charge is 0.255 e. The molecule has 0 aromatic heterocycles. The van der Waals surface area contributed by atoms with Crippen molar-refractivity contribution in [2.45, 2.75) is 44.7 Å². The Hall–Kier alpha value is -3.27. The van der Waals surface area contributed by atoms with Gasteiger partial charge in [0, 0.05) is 42.4 Å². The Kier molecular flexibility index (Phi) is 8.35. The van der Waals surface area contributed by atoms with Crippen LogP contribution in [-0.4, -0.2) is 54.3 Å². The zero-order chi connectivity index (χ0) is 25.7. The van der Waals surface area contributed by atoms with Gasteiger partial charge in [-0.15, -0.1) is 0 Å². The lowest BCUT2D eigenvalue weighted by atomic mass is 10.0. The number of halogens is 1. The molecular weight excluding hydrogens is 484 g/mol. The van der Waals surface area contributed by atoms with E-state index < -0.39 is 11.9 Å². The largest absolute Gasteiger partial charge is 0.380 e. The van der Waals surface area contributed by atoms with Crippen molar-refractivity contribution in [2.75, 3.05) is 25.1 Å². The molecule has 1 atom stereocenters. The summed E-state index contributed by atoms with van der Waals surface area (Å²) in [6.45, 7) is 1.92. The van der Waals surface area contributed by atoms with Gasteiger partial charge in [-0.2, -0.15) is 0 Å². The van der Waals surface area contributed by atoms with Crippen LogP contribution >= 0.6 is 11.6 Å². The maximum atomic E-state index is 12.8. The van der Waals surface area contributed by atoms with Crippen molar-refractivity contribution in [1.82, 2.24) is 10.2 Å². The van der Waals surface area contributed by atoms with Gasteiger partial charge >= 0.3 is 0 Å². The molecule has 0 radical (unpaired) electrons. The number of nitrogens with one attached hydrogen (secondary N) is 2. The summed E-state index contributed by atoms with van der Waals surface area (Å²) in [5.41, 5.74) is 9.02. The fraction of sp³-hybridized carbons (Fsp3) is 0.385. The molecule has 1 saturated heterocycles. The number of anilines is 1. The molecule has 10 heteroatoms. The van der Waals surface area contributed by atoms with E-state index in [-0.39, 0.29) is 37.1 Å². The number of carbonyl (C=O) groups is 4. The number of rotatable bonds is 10. The summed E-state index contributed by atoms with van der Waals surface area (Å²) in [7, 11) is 0. The Balaban J connectivity index is 1.33. The number of carbonyl (C=O) groups excluding carboxylic acids is 4. The van der Waals surface area contributed by atoms with Gasteiger partial charge in [0.15, 0.2) is 0 Å². The third-order valence-corrected chi connectivity index (χ3v) is 6.64. The Morgan fingerprint density at radius 1 is 1.17 bits per heavy atom. The van der Waals surface area contributed by atoms with Gasteiger partial charge in [-0.05, 0) is 54.2 Å². The van der Waals surface area contributed by atoms with E-state index >= 15 is 0 Å². The second-order valence-electron chi connectivity index (χ2n) is 8.93. The van der Waals surface area contributed by atoms with Gasteiger partial charge in [0.2, 0.25) is 17.7 Å². The van der Waals surface area contributed by atoms with Gasteiger partial charge in [-0.1, -0.05) is 29.8 Å². The second kappa shape index (κ2) is 11.6. The fourth-order valence-corrected chi connectivity index (χ4v) is 4.78. The van der Waals surface area contributed by atoms with Crippen LogP contribution < -0.4 is 16.4 Å². The fourth-order valence-electron chi connectivity index (χ4n) is 4.51.